The van der Waals surface area contributed by atoms with Gasteiger partial charge in [-0.15, -0.1) is 17.5 Å². The molecule has 0 saturated heterocycles. The zero-order chi connectivity index (χ0) is 26.6. The molecule has 1 N–H and O–H groups in total. The minimum Gasteiger partial charge on any atom is -0.506 e. The summed E-state index contributed by atoms with van der Waals surface area (Å²) in [6.45, 7) is 10.9. The van der Waals surface area contributed by atoms with Gasteiger partial charge in [0.05, 0.1) is 0 Å². The summed E-state index contributed by atoms with van der Waals surface area (Å²) >= 11 is 0. The largest absolute Gasteiger partial charge is 0.506 e. The van der Waals surface area contributed by atoms with Crippen LogP contribution >= 0.6 is 0 Å². The van der Waals surface area contributed by atoms with E-state index in [-0.39, 0.29) is 32.2 Å². The summed E-state index contributed by atoms with van der Waals surface area (Å²) < 4.78 is 8.30. The molecule has 0 aliphatic carbocycles. The van der Waals surface area contributed by atoms with Crippen molar-refractivity contribution in [2.45, 2.75) is 46.0 Å². The van der Waals surface area contributed by atoms with E-state index in [2.05, 4.69) is 85.6 Å². The summed E-state index contributed by atoms with van der Waals surface area (Å²) in [5.74, 6) is 2.22. The SMILES string of the molecule is CC(C)c1cc(O)c2nc(Oc3[c-]c4c(cc3)c3cc(C(C)(C)C)ccc3n4-c3ccccn3)ccc2c1.[Pt]. The Labute approximate surface area is 242 Å². The van der Waals surface area contributed by atoms with Crippen LogP contribution in [0.1, 0.15) is 51.7 Å². The van der Waals surface area contributed by atoms with Gasteiger partial charge in [0.2, 0.25) is 5.88 Å². The number of pyridine rings is 2. The van der Waals surface area contributed by atoms with Crippen LogP contribution in [-0.4, -0.2) is 19.6 Å². The first-order chi connectivity index (χ1) is 18.2. The van der Waals surface area contributed by atoms with Crippen LogP contribution in [0.2, 0.25) is 0 Å². The summed E-state index contributed by atoms with van der Waals surface area (Å²) in [5.41, 5.74) is 4.84. The second-order valence-electron chi connectivity index (χ2n) is 11.1. The van der Waals surface area contributed by atoms with Crippen molar-refractivity contribution in [3.63, 3.8) is 0 Å². The molecule has 200 valence electrons. The molecule has 0 aliphatic heterocycles. The summed E-state index contributed by atoms with van der Waals surface area (Å²) in [7, 11) is 0. The first-order valence-electron chi connectivity index (χ1n) is 12.9. The molecule has 6 aromatic rings. The molecular formula is C33H30N3O2Pt-. The fourth-order valence-electron chi connectivity index (χ4n) is 4.90. The molecule has 0 atom stereocenters. The minimum absolute atomic E-state index is 0. The Morgan fingerprint density at radius 3 is 2.46 bits per heavy atom. The molecule has 0 aliphatic rings. The van der Waals surface area contributed by atoms with E-state index in [9.17, 15) is 5.11 Å². The molecule has 6 rings (SSSR count). The minimum atomic E-state index is 0. The third-order valence-corrected chi connectivity index (χ3v) is 7.04. The Morgan fingerprint density at radius 1 is 0.923 bits per heavy atom. The molecule has 3 aromatic carbocycles. The van der Waals surface area contributed by atoms with Gasteiger partial charge in [-0.1, -0.05) is 58.3 Å². The predicted octanol–water partition coefficient (Wildman–Crippen LogP) is 8.44. The first-order valence-corrected chi connectivity index (χ1v) is 12.9. The summed E-state index contributed by atoms with van der Waals surface area (Å²) in [5, 5.41) is 13.7. The fourth-order valence-corrected chi connectivity index (χ4v) is 4.90. The maximum Gasteiger partial charge on any atom is 0.217 e. The van der Waals surface area contributed by atoms with E-state index >= 15 is 0 Å². The average molecular weight is 696 g/mol. The van der Waals surface area contributed by atoms with Crippen molar-refractivity contribution < 1.29 is 30.9 Å². The Kier molecular flexibility index (Phi) is 6.98. The Bertz CT molecular complexity index is 1820. The van der Waals surface area contributed by atoms with Crippen molar-refractivity contribution in [1.29, 1.82) is 0 Å². The van der Waals surface area contributed by atoms with E-state index < -0.39 is 0 Å². The maximum atomic E-state index is 10.6. The molecule has 39 heavy (non-hydrogen) atoms. The number of nitrogens with zero attached hydrogens (tertiary/aromatic N) is 3. The van der Waals surface area contributed by atoms with Crippen LogP contribution in [0, 0.1) is 6.07 Å². The smallest absolute Gasteiger partial charge is 0.217 e. The molecule has 5 nitrogen and oxygen atoms in total. The quantitative estimate of drug-likeness (QED) is 0.188. The van der Waals surface area contributed by atoms with Gasteiger partial charge in [0.1, 0.15) is 17.1 Å². The monoisotopic (exact) mass is 695 g/mol. The second kappa shape index (κ2) is 10.1. The van der Waals surface area contributed by atoms with E-state index in [1.807, 2.05) is 36.4 Å². The van der Waals surface area contributed by atoms with Crippen LogP contribution in [-0.2, 0) is 26.5 Å². The van der Waals surface area contributed by atoms with Crippen molar-refractivity contribution in [1.82, 2.24) is 14.5 Å². The number of phenolic OH excluding ortho intramolecular Hbond substituents is 1. The van der Waals surface area contributed by atoms with E-state index in [1.165, 1.54) is 5.56 Å². The van der Waals surface area contributed by atoms with Crippen molar-refractivity contribution in [3.05, 3.63) is 96.2 Å². The van der Waals surface area contributed by atoms with Gasteiger partial charge in [-0.05, 0) is 64.2 Å². The molecule has 0 spiro atoms. The van der Waals surface area contributed by atoms with Gasteiger partial charge in [0.25, 0.3) is 0 Å². The normalized spacial score (nSPS) is 11.8. The van der Waals surface area contributed by atoms with Gasteiger partial charge < -0.3 is 14.4 Å². The Balaban J connectivity index is 0.00000308. The molecule has 0 unspecified atom stereocenters. The number of fused-ring (bicyclic) bond motifs is 4. The van der Waals surface area contributed by atoms with Crippen LogP contribution in [0.25, 0.3) is 38.5 Å². The van der Waals surface area contributed by atoms with Crippen LogP contribution in [0.3, 0.4) is 0 Å². The van der Waals surface area contributed by atoms with Crippen molar-refractivity contribution >= 4 is 32.7 Å². The number of aromatic hydroxyl groups is 1. The van der Waals surface area contributed by atoms with E-state index in [0.29, 0.717) is 23.1 Å². The zero-order valence-corrected chi connectivity index (χ0v) is 24.9. The number of rotatable bonds is 4. The number of phenols is 1. The van der Waals surface area contributed by atoms with Crippen molar-refractivity contribution in [2.24, 2.45) is 0 Å². The topological polar surface area (TPSA) is 60.2 Å². The number of hydrogen-bond acceptors (Lipinski definition) is 4. The predicted molar refractivity (Wildman–Crippen MR) is 154 cm³/mol. The third-order valence-electron chi connectivity index (χ3n) is 7.04. The van der Waals surface area contributed by atoms with Crippen LogP contribution < -0.4 is 4.74 Å². The van der Waals surface area contributed by atoms with Crippen molar-refractivity contribution in [3.8, 4) is 23.2 Å². The molecule has 3 heterocycles. The maximum absolute atomic E-state index is 10.6. The molecular weight excluding hydrogens is 665 g/mol. The molecule has 0 bridgehead atoms. The van der Waals surface area contributed by atoms with Gasteiger partial charge in [-0.3, -0.25) is 0 Å². The van der Waals surface area contributed by atoms with E-state index in [1.54, 1.807) is 12.3 Å². The molecule has 0 radical (unpaired) electrons. The first kappa shape index (κ1) is 26.9. The summed E-state index contributed by atoms with van der Waals surface area (Å²) in [6, 6.07) is 27.6. The van der Waals surface area contributed by atoms with Gasteiger partial charge in [-0.25, -0.2) is 9.97 Å². The van der Waals surface area contributed by atoms with Gasteiger partial charge in [0, 0.05) is 50.0 Å². The summed E-state index contributed by atoms with van der Waals surface area (Å²) in [6.07, 6.45) is 1.80. The number of benzene rings is 3. The number of hydrogen-bond donors (Lipinski definition) is 1. The van der Waals surface area contributed by atoms with Gasteiger partial charge in [-0.2, -0.15) is 6.07 Å². The zero-order valence-electron chi connectivity index (χ0n) is 22.6. The Morgan fingerprint density at radius 2 is 1.74 bits per heavy atom. The molecule has 6 heteroatoms. The Hall–Kier alpha value is -3.69. The standard InChI is InChI=1S/C33H30N3O2.Pt/c1-20(2)22-16-21-9-14-31(35-32(21)29(37)17-22)38-24-11-12-25-26-18-23(33(3,4)5)10-13-27(26)36(28(25)19-24)30-8-6-7-15-34-30;/h6-18,20,37H,1-5H3;/q-1;. The second-order valence-corrected chi connectivity index (χ2v) is 11.1. The summed E-state index contributed by atoms with van der Waals surface area (Å²) in [4.78, 5) is 9.23. The fraction of sp³-hybridized carbons (Fsp3) is 0.212. The van der Waals surface area contributed by atoms with E-state index in [0.717, 1.165) is 38.6 Å². The molecule has 0 saturated carbocycles. The van der Waals surface area contributed by atoms with E-state index in [4.69, 9.17) is 4.74 Å². The van der Waals surface area contributed by atoms with Gasteiger partial charge >= 0.3 is 0 Å². The van der Waals surface area contributed by atoms with Crippen molar-refractivity contribution in [2.75, 3.05) is 0 Å². The molecule has 0 amide bonds. The molecule has 0 fully saturated rings. The molecule has 3 aromatic heterocycles. The number of ether oxygens (including phenoxy) is 1. The van der Waals surface area contributed by atoms with Crippen LogP contribution in [0.15, 0.2) is 79.0 Å². The third kappa shape index (κ3) is 4.92. The number of aromatic nitrogens is 3. The van der Waals surface area contributed by atoms with Gasteiger partial charge in [0.15, 0.2) is 0 Å². The van der Waals surface area contributed by atoms with Crippen LogP contribution in [0.4, 0.5) is 0 Å². The average Bonchev–Trinajstić information content (AvgIpc) is 3.22. The van der Waals surface area contributed by atoms with Crippen LogP contribution in [0.5, 0.6) is 17.4 Å².